The summed E-state index contributed by atoms with van der Waals surface area (Å²) in [5.74, 6) is 0.160. The molecule has 0 saturated carbocycles. The van der Waals surface area contributed by atoms with Crippen LogP contribution in [0.4, 0.5) is 0 Å². The van der Waals surface area contributed by atoms with Gasteiger partial charge in [0.25, 0.3) is 0 Å². The maximum absolute atomic E-state index is 10.1. The average molecular weight is 243 g/mol. The van der Waals surface area contributed by atoms with Gasteiger partial charge in [0.2, 0.25) is 0 Å². The van der Waals surface area contributed by atoms with Crippen LogP contribution >= 0.6 is 35.0 Å². The zero-order valence-corrected chi connectivity index (χ0v) is 9.46. The normalized spacial score (nSPS) is 11.7. The van der Waals surface area contributed by atoms with Gasteiger partial charge in [-0.3, -0.25) is 4.79 Å². The van der Waals surface area contributed by atoms with Crippen molar-refractivity contribution in [2.24, 2.45) is 0 Å². The number of hydrogen-bond acceptors (Lipinski definition) is 2. The van der Waals surface area contributed by atoms with Crippen molar-refractivity contribution in [3.63, 3.8) is 0 Å². The molecule has 2 nitrogen and oxygen atoms in total. The molecule has 76 valence electrons. The van der Waals surface area contributed by atoms with Gasteiger partial charge in [0.1, 0.15) is 0 Å². The number of hydrogen-bond donors (Lipinski definition) is 1. The molecule has 0 bridgehead atoms. The Morgan fingerprint density at radius 2 is 2.08 bits per heavy atom. The Balaban J connectivity index is 3.13. The van der Waals surface area contributed by atoms with E-state index in [1.54, 1.807) is 0 Å². The lowest BCUT2D eigenvalue weighted by atomic mass is 10.2. The van der Waals surface area contributed by atoms with E-state index in [1.807, 2.05) is 0 Å². The molecule has 0 aromatic carbocycles. The number of carbonyl (C=O) groups is 1. The molecule has 0 unspecified atom stereocenters. The number of carboxylic acids is 1. The topological polar surface area (TPSA) is 37.3 Å². The Labute approximate surface area is 92.3 Å². The maximum Gasteiger partial charge on any atom is 0.303 e. The Bertz CT molecular complexity index is 183. The zero-order chi connectivity index (χ0) is 10.1. The summed E-state index contributed by atoms with van der Waals surface area (Å²) in [6.07, 6.45) is 2.88. The summed E-state index contributed by atoms with van der Waals surface area (Å²) in [6, 6.07) is 0. The highest BCUT2D eigenvalue weighted by Crippen LogP contribution is 2.22. The maximum atomic E-state index is 10.1. The third-order valence-electron chi connectivity index (χ3n) is 1.36. The van der Waals surface area contributed by atoms with Crippen LogP contribution in [0.1, 0.15) is 25.7 Å². The first-order valence-corrected chi connectivity index (χ1v) is 5.77. The van der Waals surface area contributed by atoms with E-state index in [1.165, 1.54) is 17.3 Å². The zero-order valence-electron chi connectivity index (χ0n) is 7.13. The highest BCUT2D eigenvalue weighted by atomic mass is 35.5. The van der Waals surface area contributed by atoms with Gasteiger partial charge >= 0.3 is 5.97 Å². The third-order valence-corrected chi connectivity index (χ3v) is 3.14. The first-order valence-electron chi connectivity index (χ1n) is 3.97. The first-order chi connectivity index (χ1) is 6.16. The molecule has 0 heterocycles. The summed E-state index contributed by atoms with van der Waals surface area (Å²) in [7, 11) is 0. The van der Waals surface area contributed by atoms with E-state index in [0.29, 0.717) is 4.36 Å². The van der Waals surface area contributed by atoms with E-state index in [-0.39, 0.29) is 6.42 Å². The molecule has 0 aliphatic heterocycles. The van der Waals surface area contributed by atoms with Gasteiger partial charge in [-0.25, -0.2) is 0 Å². The molecular weight excluding hydrogens is 231 g/mol. The van der Waals surface area contributed by atoms with E-state index >= 15 is 0 Å². The van der Waals surface area contributed by atoms with Crippen LogP contribution < -0.4 is 0 Å². The van der Waals surface area contributed by atoms with Crippen molar-refractivity contribution in [3.8, 4) is 0 Å². The van der Waals surface area contributed by atoms with Crippen molar-refractivity contribution in [2.45, 2.75) is 25.7 Å². The van der Waals surface area contributed by atoms with Crippen LogP contribution in [0.25, 0.3) is 0 Å². The van der Waals surface area contributed by atoms with Gasteiger partial charge in [-0.05, 0) is 18.6 Å². The molecule has 0 aromatic rings. The van der Waals surface area contributed by atoms with Gasteiger partial charge in [-0.15, -0.1) is 11.8 Å². The van der Waals surface area contributed by atoms with E-state index in [9.17, 15) is 4.79 Å². The standard InChI is InChI=1S/C8H12Cl2O2S/c9-6-7(10)13-5-3-1-2-4-8(11)12/h6H,1-5H2,(H,11,12)/b7-6+. The Morgan fingerprint density at radius 1 is 1.38 bits per heavy atom. The van der Waals surface area contributed by atoms with Crippen molar-refractivity contribution in [1.82, 2.24) is 0 Å². The molecule has 0 aliphatic rings. The molecule has 0 rings (SSSR count). The van der Waals surface area contributed by atoms with Crippen LogP contribution in [0.2, 0.25) is 0 Å². The molecule has 0 radical (unpaired) electrons. The van der Waals surface area contributed by atoms with E-state index in [0.717, 1.165) is 25.0 Å². The van der Waals surface area contributed by atoms with Crippen LogP contribution in [-0.2, 0) is 4.79 Å². The second-order valence-corrected chi connectivity index (χ2v) is 4.45. The minimum atomic E-state index is -0.730. The van der Waals surface area contributed by atoms with Crippen LogP contribution in [0, 0.1) is 0 Å². The summed E-state index contributed by atoms with van der Waals surface area (Å²) in [5, 5.41) is 8.34. The number of thioether (sulfide) groups is 1. The fraction of sp³-hybridized carbons (Fsp3) is 0.625. The van der Waals surface area contributed by atoms with E-state index in [4.69, 9.17) is 28.3 Å². The number of unbranched alkanes of at least 4 members (excludes halogenated alkanes) is 2. The summed E-state index contributed by atoms with van der Waals surface area (Å²) < 4.78 is 0.583. The van der Waals surface area contributed by atoms with Crippen LogP contribution in [-0.4, -0.2) is 16.8 Å². The number of aliphatic carboxylic acids is 1. The van der Waals surface area contributed by atoms with Crippen molar-refractivity contribution >= 4 is 40.9 Å². The largest absolute Gasteiger partial charge is 0.481 e. The quantitative estimate of drug-likeness (QED) is 0.693. The molecule has 0 aliphatic carbocycles. The van der Waals surface area contributed by atoms with Crippen molar-refractivity contribution < 1.29 is 9.90 Å². The molecule has 0 saturated heterocycles. The van der Waals surface area contributed by atoms with Gasteiger partial charge in [0.15, 0.2) is 0 Å². The van der Waals surface area contributed by atoms with E-state index < -0.39 is 5.97 Å². The van der Waals surface area contributed by atoms with Gasteiger partial charge < -0.3 is 5.11 Å². The Kier molecular flexibility index (Phi) is 8.82. The van der Waals surface area contributed by atoms with Crippen LogP contribution in [0.5, 0.6) is 0 Å². The minimum absolute atomic E-state index is 0.254. The predicted molar refractivity (Wildman–Crippen MR) is 58.4 cm³/mol. The highest BCUT2D eigenvalue weighted by molar-refractivity contribution is 8.04. The van der Waals surface area contributed by atoms with Gasteiger partial charge in [0, 0.05) is 12.0 Å². The fourth-order valence-electron chi connectivity index (χ4n) is 0.756. The average Bonchev–Trinajstić information content (AvgIpc) is 2.10. The van der Waals surface area contributed by atoms with E-state index in [2.05, 4.69) is 0 Å². The monoisotopic (exact) mass is 242 g/mol. The molecule has 0 fully saturated rings. The lowest BCUT2D eigenvalue weighted by Crippen LogP contribution is -1.93. The molecule has 0 aromatic heterocycles. The van der Waals surface area contributed by atoms with Crippen LogP contribution in [0.3, 0.4) is 0 Å². The predicted octanol–water partition coefficient (Wildman–Crippen LogP) is 3.64. The third kappa shape index (κ3) is 10.1. The summed E-state index contributed by atoms with van der Waals surface area (Å²) in [6.45, 7) is 0. The second-order valence-electron chi connectivity index (χ2n) is 2.47. The molecule has 0 spiro atoms. The molecule has 13 heavy (non-hydrogen) atoms. The SMILES string of the molecule is O=C(O)CCCCCS/C(Cl)=C/Cl. The Hall–Kier alpha value is 0.140. The lowest BCUT2D eigenvalue weighted by Gasteiger charge is -1.98. The molecule has 5 heteroatoms. The van der Waals surface area contributed by atoms with Gasteiger partial charge in [-0.1, -0.05) is 29.6 Å². The number of carboxylic acid groups (broad SMARTS) is 1. The number of halogens is 2. The van der Waals surface area contributed by atoms with Gasteiger partial charge in [-0.2, -0.15) is 0 Å². The molecule has 0 atom stereocenters. The second kappa shape index (κ2) is 8.73. The minimum Gasteiger partial charge on any atom is -0.481 e. The number of rotatable bonds is 7. The molecule has 1 N–H and O–H groups in total. The summed E-state index contributed by atoms with van der Waals surface area (Å²) in [5.41, 5.74) is 1.34. The summed E-state index contributed by atoms with van der Waals surface area (Å²) >= 11 is 12.5. The highest BCUT2D eigenvalue weighted by Gasteiger charge is 1.97. The lowest BCUT2D eigenvalue weighted by molar-refractivity contribution is -0.137. The van der Waals surface area contributed by atoms with Crippen molar-refractivity contribution in [3.05, 3.63) is 9.90 Å². The first kappa shape index (κ1) is 13.1. The smallest absolute Gasteiger partial charge is 0.303 e. The fourth-order valence-corrected chi connectivity index (χ4v) is 1.78. The Morgan fingerprint density at radius 3 is 2.62 bits per heavy atom. The van der Waals surface area contributed by atoms with Crippen molar-refractivity contribution in [1.29, 1.82) is 0 Å². The van der Waals surface area contributed by atoms with Crippen LogP contribution in [0.15, 0.2) is 9.90 Å². The summed E-state index contributed by atoms with van der Waals surface area (Å²) in [4.78, 5) is 10.1. The molecular formula is C8H12Cl2O2S. The van der Waals surface area contributed by atoms with Crippen molar-refractivity contribution in [2.75, 3.05) is 5.75 Å². The van der Waals surface area contributed by atoms with Gasteiger partial charge in [0.05, 0.1) is 4.36 Å². The molecule has 0 amide bonds.